The van der Waals surface area contributed by atoms with Crippen molar-refractivity contribution in [2.24, 2.45) is 4.99 Å². The summed E-state index contributed by atoms with van der Waals surface area (Å²) in [5.41, 5.74) is 1.72. The van der Waals surface area contributed by atoms with E-state index in [4.69, 9.17) is 10.1 Å². The van der Waals surface area contributed by atoms with Crippen molar-refractivity contribution < 1.29 is 13.3 Å². The number of hydroxylamine groups is 1. The van der Waals surface area contributed by atoms with Gasteiger partial charge in [-0.3, -0.25) is 9.82 Å². The molecule has 0 atom stereocenters. The fourth-order valence-corrected chi connectivity index (χ4v) is 3.59. The number of guanidine groups is 1. The molecule has 2 rings (SSSR count). The predicted octanol–water partition coefficient (Wildman–Crippen LogP) is 3.26. The summed E-state index contributed by atoms with van der Waals surface area (Å²) in [5.74, 6) is 0.401. The first-order chi connectivity index (χ1) is 15.5. The highest BCUT2D eigenvalue weighted by Crippen LogP contribution is 2.10. The number of pyridine rings is 1. The van der Waals surface area contributed by atoms with Gasteiger partial charge in [0.1, 0.15) is 0 Å². The molecule has 2 N–H and O–H groups in total. The zero-order valence-electron chi connectivity index (χ0n) is 18.3. The van der Waals surface area contributed by atoms with Crippen LogP contribution in [-0.2, 0) is 21.5 Å². The van der Waals surface area contributed by atoms with Gasteiger partial charge in [-0.1, -0.05) is 54.1 Å². The molecule has 1 aromatic carbocycles. The molecule has 0 fully saturated rings. The Kier molecular flexibility index (Phi) is 11.2. The summed E-state index contributed by atoms with van der Waals surface area (Å²) < 4.78 is 25.0. The topological polar surface area (TPSA) is 120 Å². The van der Waals surface area contributed by atoms with Crippen molar-refractivity contribution in [3.63, 3.8) is 0 Å². The molecular formula is C22H30N6O3S. The normalized spacial score (nSPS) is 11.8. The molecule has 0 saturated carbocycles. The number of benzene rings is 1. The van der Waals surface area contributed by atoms with E-state index in [1.165, 1.54) is 0 Å². The Bertz CT molecular complexity index is 962. The van der Waals surface area contributed by atoms with Crippen molar-refractivity contribution in [1.29, 1.82) is 5.26 Å². The van der Waals surface area contributed by atoms with Gasteiger partial charge in [0.15, 0.2) is 0 Å². The van der Waals surface area contributed by atoms with E-state index in [1.807, 2.05) is 30.3 Å². The molecule has 0 radical (unpaired) electrons. The van der Waals surface area contributed by atoms with E-state index in [0.717, 1.165) is 54.1 Å². The second kappa shape index (κ2) is 14.1. The third-order valence-corrected chi connectivity index (χ3v) is 5.53. The number of hydrogen-bond acceptors (Lipinski definition) is 6. The number of sulfonamides is 1. The van der Waals surface area contributed by atoms with Crippen molar-refractivity contribution in [3.8, 4) is 6.19 Å². The van der Waals surface area contributed by atoms with Gasteiger partial charge >= 0.3 is 0 Å². The number of nitrogens with one attached hydrogen (secondary N) is 2. The van der Waals surface area contributed by atoms with Gasteiger partial charge in [-0.15, -0.1) is 4.99 Å². The fraction of sp³-hybridized carbons (Fsp3) is 0.409. The summed E-state index contributed by atoms with van der Waals surface area (Å²) >= 11 is 0. The molecule has 172 valence electrons. The molecule has 0 unspecified atom stereocenters. The molecule has 2 aromatic rings. The average Bonchev–Trinajstić information content (AvgIpc) is 2.78. The minimum absolute atomic E-state index is 0.222. The lowest BCUT2D eigenvalue weighted by Gasteiger charge is -2.19. The van der Waals surface area contributed by atoms with Crippen LogP contribution in [0.1, 0.15) is 37.7 Å². The van der Waals surface area contributed by atoms with E-state index < -0.39 is 10.0 Å². The molecule has 0 saturated heterocycles. The average molecular weight is 459 g/mol. The van der Waals surface area contributed by atoms with Crippen LogP contribution in [0.25, 0.3) is 0 Å². The maximum atomic E-state index is 12.0. The first-order valence-electron chi connectivity index (χ1n) is 10.5. The van der Waals surface area contributed by atoms with E-state index in [1.54, 1.807) is 30.7 Å². The number of aromatic nitrogens is 1. The molecule has 1 heterocycles. The minimum atomic E-state index is -3.43. The van der Waals surface area contributed by atoms with Crippen LogP contribution >= 0.6 is 0 Å². The zero-order chi connectivity index (χ0) is 23.1. The largest absolute Gasteiger partial charge is 0.355 e. The molecule has 32 heavy (non-hydrogen) atoms. The summed E-state index contributed by atoms with van der Waals surface area (Å²) in [7, 11) is -3.43. The molecule has 0 amide bonds. The van der Waals surface area contributed by atoms with Crippen LogP contribution in [0.4, 0.5) is 5.69 Å². The smallest absolute Gasteiger partial charge is 0.233 e. The van der Waals surface area contributed by atoms with Gasteiger partial charge in [0.25, 0.3) is 0 Å². The van der Waals surface area contributed by atoms with Gasteiger partial charge < -0.3 is 10.6 Å². The molecule has 0 aliphatic rings. The van der Waals surface area contributed by atoms with Gasteiger partial charge in [0.2, 0.25) is 22.2 Å². The quantitative estimate of drug-likeness (QED) is 0.155. The minimum Gasteiger partial charge on any atom is -0.355 e. The Balaban J connectivity index is 1.61. The molecule has 9 nitrogen and oxygen atoms in total. The van der Waals surface area contributed by atoms with Gasteiger partial charge in [0, 0.05) is 31.2 Å². The predicted molar refractivity (Wildman–Crippen MR) is 125 cm³/mol. The van der Waals surface area contributed by atoms with Crippen LogP contribution in [-0.4, -0.2) is 43.2 Å². The number of unbranched alkanes of at least 4 members (excludes halogenated alkanes) is 4. The van der Waals surface area contributed by atoms with Crippen molar-refractivity contribution in [1.82, 2.24) is 14.8 Å². The van der Waals surface area contributed by atoms with Crippen LogP contribution < -0.4 is 10.6 Å². The first-order valence-corrected chi connectivity index (χ1v) is 12.4. The van der Waals surface area contributed by atoms with Crippen LogP contribution in [0.2, 0.25) is 0 Å². The SMILES string of the molecule is CS(=O)(=O)N(CCCCCCCN/C(=N\C#N)Nc1ccncc1)OCc1ccccc1. The van der Waals surface area contributed by atoms with Gasteiger partial charge in [-0.25, -0.2) is 8.42 Å². The summed E-state index contributed by atoms with van der Waals surface area (Å²) in [6.07, 6.45) is 10.7. The highest BCUT2D eigenvalue weighted by atomic mass is 32.2. The van der Waals surface area contributed by atoms with Gasteiger partial charge in [-0.05, 0) is 30.5 Å². The lowest BCUT2D eigenvalue weighted by molar-refractivity contribution is -0.0962. The Labute approximate surface area is 190 Å². The van der Waals surface area contributed by atoms with Gasteiger partial charge in [0.05, 0.1) is 12.9 Å². The molecular weight excluding hydrogens is 428 g/mol. The Morgan fingerprint density at radius 3 is 2.47 bits per heavy atom. The second-order valence-electron chi connectivity index (χ2n) is 7.16. The number of nitrogens with zero attached hydrogens (tertiary/aromatic N) is 4. The van der Waals surface area contributed by atoms with Crippen molar-refractivity contribution in [2.45, 2.75) is 38.7 Å². The number of rotatable bonds is 13. The Morgan fingerprint density at radius 1 is 1.09 bits per heavy atom. The lowest BCUT2D eigenvalue weighted by atomic mass is 10.1. The summed E-state index contributed by atoms with van der Waals surface area (Å²) in [4.78, 5) is 13.2. The van der Waals surface area contributed by atoms with Crippen LogP contribution in [0, 0.1) is 11.5 Å². The molecule has 0 bridgehead atoms. The Morgan fingerprint density at radius 2 is 1.78 bits per heavy atom. The number of aliphatic imine (C=N–C) groups is 1. The molecule has 0 spiro atoms. The number of anilines is 1. The third-order valence-electron chi connectivity index (χ3n) is 4.50. The van der Waals surface area contributed by atoms with Gasteiger partial charge in [-0.2, -0.15) is 5.26 Å². The molecule has 10 heteroatoms. The highest BCUT2D eigenvalue weighted by Gasteiger charge is 2.17. The van der Waals surface area contributed by atoms with Crippen molar-refractivity contribution in [3.05, 3.63) is 60.4 Å². The van der Waals surface area contributed by atoms with Crippen molar-refractivity contribution >= 4 is 21.7 Å². The third kappa shape index (κ3) is 10.3. The van der Waals surface area contributed by atoms with Crippen molar-refractivity contribution in [2.75, 3.05) is 24.7 Å². The molecule has 0 aliphatic carbocycles. The van der Waals surface area contributed by atoms with E-state index in [9.17, 15) is 8.42 Å². The summed E-state index contributed by atoms with van der Waals surface area (Å²) in [5, 5.41) is 15.0. The lowest BCUT2D eigenvalue weighted by Crippen LogP contribution is -2.31. The zero-order valence-corrected chi connectivity index (χ0v) is 19.1. The maximum absolute atomic E-state index is 12.0. The summed E-state index contributed by atoms with van der Waals surface area (Å²) in [6.45, 7) is 1.23. The van der Waals surface area contributed by atoms with Crippen LogP contribution in [0.3, 0.4) is 0 Å². The fourth-order valence-electron chi connectivity index (χ4n) is 2.88. The van der Waals surface area contributed by atoms with Crippen LogP contribution in [0.15, 0.2) is 59.9 Å². The van der Waals surface area contributed by atoms with E-state index in [0.29, 0.717) is 19.0 Å². The second-order valence-corrected chi connectivity index (χ2v) is 9.04. The number of hydrogen-bond donors (Lipinski definition) is 2. The Hall–Kier alpha value is -3.00. The maximum Gasteiger partial charge on any atom is 0.233 e. The van der Waals surface area contributed by atoms with E-state index in [-0.39, 0.29) is 6.61 Å². The summed E-state index contributed by atoms with van der Waals surface area (Å²) in [6, 6.07) is 13.1. The van der Waals surface area contributed by atoms with E-state index >= 15 is 0 Å². The molecule has 0 aliphatic heterocycles. The first kappa shape index (κ1) is 25.3. The van der Waals surface area contributed by atoms with E-state index in [2.05, 4.69) is 20.6 Å². The molecule has 1 aromatic heterocycles. The van der Waals surface area contributed by atoms with Crippen LogP contribution in [0.5, 0.6) is 0 Å². The number of nitriles is 1. The highest BCUT2D eigenvalue weighted by molar-refractivity contribution is 7.88. The standard InChI is InChI=1S/C22H30N6O3S/c1-32(29,30)28(31-18-20-10-6-5-7-11-20)17-9-4-2-3-8-14-25-22(26-19-23)27-21-12-15-24-16-13-21/h5-7,10-13,15-16H,2-4,8-9,14,17-18H2,1H3,(H2,24,25,26,27). The monoisotopic (exact) mass is 458 g/mol.